The van der Waals surface area contributed by atoms with E-state index >= 15 is 0 Å². The molecule has 1 aromatic rings. The Hall–Kier alpha value is -1.88. The number of carbonyl (C=O) groups excluding carboxylic acids is 1. The van der Waals surface area contributed by atoms with Gasteiger partial charge in [-0.2, -0.15) is 0 Å². The maximum Gasteiger partial charge on any atom is 0.306 e. The van der Waals surface area contributed by atoms with Gasteiger partial charge in [0, 0.05) is 18.2 Å². The van der Waals surface area contributed by atoms with E-state index in [1.165, 1.54) is 5.56 Å². The van der Waals surface area contributed by atoms with Gasteiger partial charge in [0.25, 0.3) is 5.91 Å². The lowest BCUT2D eigenvalue weighted by atomic mass is 9.66. The number of benzene rings is 1. The molecule has 1 saturated carbocycles. The first kappa shape index (κ1) is 16.0. The Bertz CT molecular complexity index is 634. The van der Waals surface area contributed by atoms with E-state index < -0.39 is 5.97 Å². The molecule has 0 bridgehead atoms. The Kier molecular flexibility index (Phi) is 4.15. The smallest absolute Gasteiger partial charge is 0.306 e. The third kappa shape index (κ3) is 3.24. The van der Waals surface area contributed by atoms with E-state index in [4.69, 9.17) is 9.84 Å². The molecular weight excluding hydrogens is 294 g/mol. The normalized spacial score (nSPS) is 29.8. The van der Waals surface area contributed by atoms with E-state index in [1.54, 1.807) is 0 Å². The van der Waals surface area contributed by atoms with Crippen LogP contribution >= 0.6 is 0 Å². The largest absolute Gasteiger partial charge is 0.481 e. The van der Waals surface area contributed by atoms with Gasteiger partial charge in [-0.3, -0.25) is 9.59 Å². The van der Waals surface area contributed by atoms with E-state index in [0.717, 1.165) is 12.0 Å². The van der Waals surface area contributed by atoms with E-state index in [2.05, 4.69) is 5.32 Å². The lowest BCUT2D eigenvalue weighted by Gasteiger charge is -2.50. The van der Waals surface area contributed by atoms with Gasteiger partial charge in [0.05, 0.1) is 11.5 Å². The minimum Gasteiger partial charge on any atom is -0.481 e. The van der Waals surface area contributed by atoms with Crippen LogP contribution in [0.3, 0.4) is 0 Å². The number of carbonyl (C=O) groups is 2. The molecule has 3 rings (SSSR count). The van der Waals surface area contributed by atoms with Gasteiger partial charge in [-0.05, 0) is 62.8 Å². The number of amides is 1. The second-order valence-electron chi connectivity index (χ2n) is 6.94. The predicted molar refractivity (Wildman–Crippen MR) is 85.4 cm³/mol. The van der Waals surface area contributed by atoms with Crippen LogP contribution in [-0.2, 0) is 9.53 Å². The summed E-state index contributed by atoms with van der Waals surface area (Å²) >= 11 is 0. The zero-order valence-corrected chi connectivity index (χ0v) is 13.6. The third-order valence-electron chi connectivity index (χ3n) is 5.18. The quantitative estimate of drug-likeness (QED) is 0.898. The first-order valence-electron chi connectivity index (χ1n) is 8.13. The van der Waals surface area contributed by atoms with E-state index in [-0.39, 0.29) is 23.5 Å². The molecule has 0 radical (unpaired) electrons. The van der Waals surface area contributed by atoms with Crippen LogP contribution in [0.15, 0.2) is 18.2 Å². The molecule has 1 aromatic carbocycles. The van der Waals surface area contributed by atoms with E-state index in [0.29, 0.717) is 31.4 Å². The van der Waals surface area contributed by atoms with Crippen molar-refractivity contribution in [3.05, 3.63) is 34.9 Å². The molecule has 1 heterocycles. The molecule has 5 heteroatoms. The number of hydrogen-bond acceptors (Lipinski definition) is 3. The molecule has 1 aliphatic carbocycles. The highest BCUT2D eigenvalue weighted by molar-refractivity contribution is 5.94. The molecule has 0 unspecified atom stereocenters. The van der Waals surface area contributed by atoms with Crippen LogP contribution in [-0.4, -0.2) is 35.2 Å². The number of aliphatic carboxylic acids is 1. The number of rotatable bonds is 3. The Morgan fingerprint density at radius 3 is 2.61 bits per heavy atom. The van der Waals surface area contributed by atoms with Gasteiger partial charge in [-0.1, -0.05) is 6.07 Å². The molecule has 2 aliphatic rings. The van der Waals surface area contributed by atoms with Gasteiger partial charge in [0.2, 0.25) is 0 Å². The minimum atomic E-state index is -0.750. The molecule has 1 amide bonds. The van der Waals surface area contributed by atoms with Gasteiger partial charge in [0.1, 0.15) is 0 Å². The van der Waals surface area contributed by atoms with Crippen molar-refractivity contribution >= 4 is 11.9 Å². The van der Waals surface area contributed by atoms with E-state index in [1.807, 2.05) is 32.0 Å². The second-order valence-corrected chi connectivity index (χ2v) is 6.94. The van der Waals surface area contributed by atoms with Crippen LogP contribution in [0.25, 0.3) is 0 Å². The topological polar surface area (TPSA) is 75.6 Å². The average Bonchev–Trinajstić information content (AvgIpc) is 2.47. The summed E-state index contributed by atoms with van der Waals surface area (Å²) in [7, 11) is 0. The monoisotopic (exact) mass is 317 g/mol. The van der Waals surface area contributed by atoms with Gasteiger partial charge >= 0.3 is 5.97 Å². The van der Waals surface area contributed by atoms with Crippen molar-refractivity contribution in [2.24, 2.45) is 5.92 Å². The van der Waals surface area contributed by atoms with Gasteiger partial charge in [0.15, 0.2) is 0 Å². The summed E-state index contributed by atoms with van der Waals surface area (Å²) in [5.74, 6) is -1.12. The van der Waals surface area contributed by atoms with Crippen LogP contribution in [0, 0.1) is 19.8 Å². The summed E-state index contributed by atoms with van der Waals surface area (Å²) in [5, 5.41) is 12.1. The maximum atomic E-state index is 12.4. The van der Waals surface area contributed by atoms with Crippen molar-refractivity contribution in [3.63, 3.8) is 0 Å². The first-order valence-corrected chi connectivity index (χ1v) is 8.13. The zero-order valence-electron chi connectivity index (χ0n) is 13.6. The Labute approximate surface area is 136 Å². The molecule has 2 N–H and O–H groups in total. The number of carboxylic acid groups (broad SMARTS) is 1. The average molecular weight is 317 g/mol. The molecule has 5 nitrogen and oxygen atoms in total. The fourth-order valence-electron chi connectivity index (χ4n) is 3.60. The van der Waals surface area contributed by atoms with Crippen molar-refractivity contribution in [2.45, 2.75) is 51.2 Å². The predicted octanol–water partition coefficient (Wildman–Crippen LogP) is 2.45. The fraction of sp³-hybridized carbons (Fsp3) is 0.556. The summed E-state index contributed by atoms with van der Waals surface area (Å²) in [6, 6.07) is 5.76. The Morgan fingerprint density at radius 1 is 1.22 bits per heavy atom. The van der Waals surface area contributed by atoms with Crippen LogP contribution in [0.2, 0.25) is 0 Å². The Balaban J connectivity index is 1.60. The fourth-order valence-corrected chi connectivity index (χ4v) is 3.60. The van der Waals surface area contributed by atoms with Crippen molar-refractivity contribution in [2.75, 3.05) is 6.61 Å². The number of aryl methyl sites for hydroxylation is 2. The summed E-state index contributed by atoms with van der Waals surface area (Å²) in [6.45, 7) is 4.59. The van der Waals surface area contributed by atoms with Crippen LogP contribution in [0.1, 0.15) is 47.2 Å². The summed E-state index contributed by atoms with van der Waals surface area (Å²) in [4.78, 5) is 23.4. The highest BCUT2D eigenvalue weighted by atomic mass is 16.5. The van der Waals surface area contributed by atoms with Gasteiger partial charge in [-0.25, -0.2) is 0 Å². The van der Waals surface area contributed by atoms with Gasteiger partial charge < -0.3 is 15.2 Å². The van der Waals surface area contributed by atoms with Crippen molar-refractivity contribution < 1.29 is 19.4 Å². The van der Waals surface area contributed by atoms with Crippen molar-refractivity contribution in [1.29, 1.82) is 0 Å². The number of carboxylic acids is 1. The highest BCUT2D eigenvalue weighted by Gasteiger charge is 2.51. The van der Waals surface area contributed by atoms with Crippen molar-refractivity contribution in [1.82, 2.24) is 5.32 Å². The number of nitrogens with one attached hydrogen (secondary N) is 1. The zero-order chi connectivity index (χ0) is 16.6. The molecule has 1 saturated heterocycles. The second kappa shape index (κ2) is 5.96. The lowest BCUT2D eigenvalue weighted by molar-refractivity contribution is -0.181. The lowest BCUT2D eigenvalue weighted by Crippen LogP contribution is -2.56. The van der Waals surface area contributed by atoms with Crippen LogP contribution in [0.4, 0.5) is 0 Å². The summed E-state index contributed by atoms with van der Waals surface area (Å²) < 4.78 is 5.82. The van der Waals surface area contributed by atoms with Crippen LogP contribution < -0.4 is 5.32 Å². The molecule has 23 heavy (non-hydrogen) atoms. The third-order valence-corrected chi connectivity index (χ3v) is 5.18. The van der Waals surface area contributed by atoms with Crippen LogP contribution in [0.5, 0.6) is 0 Å². The standard InChI is InChI=1S/C18H23NO4/c1-11-3-4-13(7-12(11)2)16(20)19-15-5-6-23-18(10-15)8-14(9-18)17(21)22/h3-4,7,14-15H,5-6,8-10H2,1-2H3,(H,19,20)(H,21,22)/t14?,15-,18?/m0/s1. The maximum absolute atomic E-state index is 12.4. The summed E-state index contributed by atoms with van der Waals surface area (Å²) in [6.07, 6.45) is 2.58. The number of ether oxygens (including phenoxy) is 1. The summed E-state index contributed by atoms with van der Waals surface area (Å²) in [5.41, 5.74) is 2.60. The highest BCUT2D eigenvalue weighted by Crippen LogP contribution is 2.46. The molecule has 124 valence electrons. The molecule has 1 aliphatic heterocycles. The van der Waals surface area contributed by atoms with Gasteiger partial charge in [-0.15, -0.1) is 0 Å². The molecule has 2 fully saturated rings. The first-order chi connectivity index (χ1) is 10.9. The SMILES string of the molecule is Cc1ccc(C(=O)N[C@H]2CCOC3(CC(C(=O)O)C3)C2)cc1C. The molecular formula is C18H23NO4. The number of hydrogen-bond donors (Lipinski definition) is 2. The molecule has 1 spiro atoms. The van der Waals surface area contributed by atoms with E-state index in [9.17, 15) is 9.59 Å². The Morgan fingerprint density at radius 2 is 1.96 bits per heavy atom. The molecule has 0 aromatic heterocycles. The minimum absolute atomic E-state index is 0.0487. The molecule has 1 atom stereocenters. The van der Waals surface area contributed by atoms with Crippen molar-refractivity contribution in [3.8, 4) is 0 Å².